The van der Waals surface area contributed by atoms with Crippen LogP contribution in [0.1, 0.15) is 11.5 Å². The minimum absolute atomic E-state index is 0.147. The number of benzene rings is 1. The van der Waals surface area contributed by atoms with Crippen molar-refractivity contribution in [1.82, 2.24) is 0 Å². The van der Waals surface area contributed by atoms with Gasteiger partial charge in [-0.25, -0.2) is 4.79 Å². The van der Waals surface area contributed by atoms with Gasteiger partial charge in [0, 0.05) is 27.2 Å². The molecule has 2 aromatic rings. The molecule has 1 aromatic heterocycles. The van der Waals surface area contributed by atoms with E-state index in [1.54, 1.807) is 19.1 Å². The molecule has 1 heterocycles. The number of anilines is 1. The minimum Gasteiger partial charge on any atom is -0.462 e. The van der Waals surface area contributed by atoms with E-state index in [1.807, 2.05) is 0 Å². The van der Waals surface area contributed by atoms with Crippen LogP contribution >= 0.6 is 31.9 Å². The van der Waals surface area contributed by atoms with Crippen LogP contribution in [0, 0.1) is 17.0 Å². The topological polar surface area (TPSA) is 112 Å². The third kappa shape index (κ3) is 5.53. The Bertz CT molecular complexity index is 868. The van der Waals surface area contributed by atoms with Crippen LogP contribution < -0.4 is 5.32 Å². The van der Waals surface area contributed by atoms with Gasteiger partial charge in [-0.3, -0.25) is 14.9 Å². The normalized spacial score (nSPS) is 10.7. The number of halogens is 2. The van der Waals surface area contributed by atoms with Crippen LogP contribution in [0.2, 0.25) is 0 Å². The number of carbonyl (C=O) groups excluding carboxylic acids is 2. The third-order valence-corrected chi connectivity index (χ3v) is 4.24. The van der Waals surface area contributed by atoms with Crippen LogP contribution in [0.5, 0.6) is 0 Å². The van der Waals surface area contributed by atoms with Crippen LogP contribution in [0.4, 0.5) is 11.4 Å². The molecule has 0 aliphatic rings. The second-order valence-corrected chi connectivity index (χ2v) is 6.69. The Balaban J connectivity index is 1.91. The van der Waals surface area contributed by atoms with Crippen LogP contribution in [0.3, 0.4) is 0 Å². The number of nitro benzene ring substituents is 1. The Morgan fingerprint density at radius 3 is 2.50 bits per heavy atom. The fourth-order valence-corrected chi connectivity index (χ4v) is 3.20. The van der Waals surface area contributed by atoms with Gasteiger partial charge >= 0.3 is 5.97 Å². The molecule has 2 rings (SSSR count). The van der Waals surface area contributed by atoms with Gasteiger partial charge in [-0.15, -0.1) is 0 Å². The molecular weight excluding hydrogens is 476 g/mol. The van der Waals surface area contributed by atoms with E-state index in [9.17, 15) is 19.7 Å². The molecule has 1 N–H and O–H groups in total. The van der Waals surface area contributed by atoms with Crippen molar-refractivity contribution in [3.05, 3.63) is 60.9 Å². The van der Waals surface area contributed by atoms with Gasteiger partial charge in [-0.05, 0) is 57.0 Å². The number of hydrogen-bond donors (Lipinski definition) is 1. The summed E-state index contributed by atoms with van der Waals surface area (Å²) in [6.07, 6.45) is 2.57. The van der Waals surface area contributed by atoms with Gasteiger partial charge in [0.2, 0.25) is 0 Å². The van der Waals surface area contributed by atoms with Crippen LogP contribution in [0.15, 0.2) is 43.7 Å². The summed E-state index contributed by atoms with van der Waals surface area (Å²) >= 11 is 6.30. The van der Waals surface area contributed by atoms with Crippen LogP contribution in [-0.2, 0) is 14.3 Å². The molecule has 10 heteroatoms. The molecule has 1 amide bonds. The van der Waals surface area contributed by atoms with Crippen LogP contribution in [-0.4, -0.2) is 23.4 Å². The first-order valence-corrected chi connectivity index (χ1v) is 8.69. The van der Waals surface area contributed by atoms with E-state index in [1.165, 1.54) is 18.2 Å². The zero-order chi connectivity index (χ0) is 19.3. The number of hydrogen-bond acceptors (Lipinski definition) is 6. The Kier molecular flexibility index (Phi) is 6.70. The lowest BCUT2D eigenvalue weighted by Crippen LogP contribution is -2.20. The second kappa shape index (κ2) is 8.77. The molecule has 0 bridgehead atoms. The van der Waals surface area contributed by atoms with Gasteiger partial charge in [0.05, 0.1) is 10.6 Å². The first kappa shape index (κ1) is 19.9. The van der Waals surface area contributed by atoms with E-state index in [0.29, 0.717) is 26.2 Å². The number of esters is 1. The predicted octanol–water partition coefficient (Wildman–Crippen LogP) is 4.22. The number of rotatable bonds is 6. The van der Waals surface area contributed by atoms with Crippen molar-refractivity contribution in [3.63, 3.8) is 0 Å². The van der Waals surface area contributed by atoms with Gasteiger partial charge in [0.1, 0.15) is 11.5 Å². The van der Waals surface area contributed by atoms with Crippen LogP contribution in [0.25, 0.3) is 6.08 Å². The van der Waals surface area contributed by atoms with Gasteiger partial charge in [-0.1, -0.05) is 0 Å². The standard InChI is InChI=1S/C16H12Br2N2O6/c1-9-2-3-11(26-9)4-5-15(22)25-8-14(21)19-16-12(17)6-10(20(23)24)7-13(16)18/h2-7H,8H2,1H3,(H,19,21). The Hall–Kier alpha value is -2.46. The summed E-state index contributed by atoms with van der Waals surface area (Å²) in [5, 5.41) is 13.3. The van der Waals surface area contributed by atoms with E-state index in [-0.39, 0.29) is 5.69 Å². The highest BCUT2D eigenvalue weighted by Crippen LogP contribution is 2.35. The maximum atomic E-state index is 11.9. The molecule has 0 spiro atoms. The number of ether oxygens (including phenoxy) is 1. The highest BCUT2D eigenvalue weighted by atomic mass is 79.9. The number of nitrogens with zero attached hydrogens (tertiary/aromatic N) is 1. The fraction of sp³-hybridized carbons (Fsp3) is 0.125. The molecular formula is C16H12Br2N2O6. The third-order valence-electron chi connectivity index (χ3n) is 2.99. The van der Waals surface area contributed by atoms with E-state index in [0.717, 1.165) is 6.08 Å². The fourth-order valence-electron chi connectivity index (χ4n) is 1.84. The summed E-state index contributed by atoms with van der Waals surface area (Å²) in [5.41, 5.74) is 0.143. The van der Waals surface area contributed by atoms with Gasteiger partial charge in [0.15, 0.2) is 6.61 Å². The molecule has 0 aliphatic heterocycles. The number of nitrogens with one attached hydrogen (secondary N) is 1. The molecule has 0 saturated heterocycles. The van der Waals surface area contributed by atoms with Crippen molar-refractivity contribution >= 4 is 61.2 Å². The molecule has 8 nitrogen and oxygen atoms in total. The van der Waals surface area contributed by atoms with Gasteiger partial charge in [-0.2, -0.15) is 0 Å². The molecule has 0 saturated carbocycles. The molecule has 0 aliphatic carbocycles. The SMILES string of the molecule is Cc1ccc(C=CC(=O)OCC(=O)Nc2c(Br)cc([N+](=O)[O-])cc2Br)o1. The quantitative estimate of drug-likeness (QED) is 0.282. The minimum atomic E-state index is -0.712. The molecule has 26 heavy (non-hydrogen) atoms. The zero-order valence-corrected chi connectivity index (χ0v) is 16.5. The van der Waals surface area contributed by atoms with Crippen molar-refractivity contribution < 1.29 is 23.7 Å². The maximum Gasteiger partial charge on any atom is 0.331 e. The monoisotopic (exact) mass is 486 g/mol. The van der Waals surface area contributed by atoms with E-state index >= 15 is 0 Å². The predicted molar refractivity (Wildman–Crippen MR) is 101 cm³/mol. The molecule has 0 unspecified atom stereocenters. The largest absolute Gasteiger partial charge is 0.462 e. The van der Waals surface area contributed by atoms with Crippen molar-refractivity contribution in [1.29, 1.82) is 0 Å². The average Bonchev–Trinajstić information content (AvgIpc) is 2.99. The summed E-state index contributed by atoms with van der Waals surface area (Å²) in [6, 6.07) is 5.94. The lowest BCUT2D eigenvalue weighted by atomic mass is 10.3. The van der Waals surface area contributed by atoms with Gasteiger partial charge < -0.3 is 14.5 Å². The van der Waals surface area contributed by atoms with E-state index in [2.05, 4.69) is 37.2 Å². The Labute approximate surface area is 164 Å². The van der Waals surface area contributed by atoms with Crippen molar-refractivity contribution in [2.24, 2.45) is 0 Å². The Morgan fingerprint density at radius 2 is 1.96 bits per heavy atom. The van der Waals surface area contributed by atoms with E-state index < -0.39 is 23.4 Å². The first-order valence-electron chi connectivity index (χ1n) is 7.11. The first-order chi connectivity index (χ1) is 12.3. The van der Waals surface area contributed by atoms with Crippen molar-refractivity contribution in [2.45, 2.75) is 6.92 Å². The smallest absolute Gasteiger partial charge is 0.331 e. The van der Waals surface area contributed by atoms with Crippen molar-refractivity contribution in [2.75, 3.05) is 11.9 Å². The lowest BCUT2D eigenvalue weighted by Gasteiger charge is -2.09. The molecule has 136 valence electrons. The molecule has 0 atom stereocenters. The summed E-state index contributed by atoms with van der Waals surface area (Å²) in [5.74, 6) is -0.119. The summed E-state index contributed by atoms with van der Waals surface area (Å²) in [6.45, 7) is 1.25. The molecule has 0 fully saturated rings. The molecule has 0 radical (unpaired) electrons. The lowest BCUT2D eigenvalue weighted by molar-refractivity contribution is -0.385. The highest BCUT2D eigenvalue weighted by molar-refractivity contribution is 9.11. The van der Waals surface area contributed by atoms with Gasteiger partial charge in [0.25, 0.3) is 11.6 Å². The number of amides is 1. The summed E-state index contributed by atoms with van der Waals surface area (Å²) in [7, 11) is 0. The number of furan rings is 1. The van der Waals surface area contributed by atoms with Crippen molar-refractivity contribution in [3.8, 4) is 0 Å². The highest BCUT2D eigenvalue weighted by Gasteiger charge is 2.16. The average molecular weight is 488 g/mol. The Morgan fingerprint density at radius 1 is 1.31 bits per heavy atom. The summed E-state index contributed by atoms with van der Waals surface area (Å²) in [4.78, 5) is 33.7. The maximum absolute atomic E-state index is 11.9. The van der Waals surface area contributed by atoms with E-state index in [4.69, 9.17) is 9.15 Å². The second-order valence-electron chi connectivity index (χ2n) is 4.98. The summed E-state index contributed by atoms with van der Waals surface area (Å²) < 4.78 is 10.7. The number of nitro groups is 1. The number of non-ortho nitro benzene ring substituents is 1. The number of carbonyl (C=O) groups is 2. The number of aryl methyl sites for hydroxylation is 1. The molecule has 1 aromatic carbocycles. The zero-order valence-electron chi connectivity index (χ0n) is 13.3.